The molecule has 3 aliphatic heterocycles. The lowest BCUT2D eigenvalue weighted by Gasteiger charge is -2.35. The van der Waals surface area contributed by atoms with Crippen LogP contribution >= 0.6 is 15.9 Å². The van der Waals surface area contributed by atoms with Crippen molar-refractivity contribution < 1.29 is 18.9 Å². The molecule has 0 saturated carbocycles. The number of carbonyl (C=O) groups excluding carboxylic acids is 2. The zero-order valence-electron chi connectivity index (χ0n) is 28.7. The van der Waals surface area contributed by atoms with Gasteiger partial charge >= 0.3 is 7.12 Å². The maximum Gasteiger partial charge on any atom is 0.494 e. The number of hydrogen-bond donors (Lipinski definition) is 0. The van der Waals surface area contributed by atoms with Gasteiger partial charge in [0.05, 0.1) is 23.3 Å². The molecular weight excluding hydrogens is 663 g/mol. The van der Waals surface area contributed by atoms with Gasteiger partial charge in [-0.05, 0) is 118 Å². The molecule has 4 aromatic carbocycles. The van der Waals surface area contributed by atoms with Crippen molar-refractivity contribution >= 4 is 40.3 Å². The minimum absolute atomic E-state index is 0.0128. The van der Waals surface area contributed by atoms with Crippen molar-refractivity contribution in [3.05, 3.63) is 135 Å². The van der Waals surface area contributed by atoms with Gasteiger partial charge in [0.15, 0.2) is 0 Å². The molecule has 1 fully saturated rings. The Kier molecular flexibility index (Phi) is 9.72. The van der Waals surface area contributed by atoms with Crippen LogP contribution in [-0.2, 0) is 22.2 Å². The quantitative estimate of drug-likeness (QED) is 0.203. The van der Waals surface area contributed by atoms with Crippen LogP contribution in [0.1, 0.15) is 96.6 Å². The summed E-state index contributed by atoms with van der Waals surface area (Å²) in [5.41, 5.74) is 6.85. The summed E-state index contributed by atoms with van der Waals surface area (Å²) in [6.07, 6.45) is 1.79. The van der Waals surface area contributed by atoms with Crippen LogP contribution < -0.4 is 5.46 Å². The molecule has 0 bridgehead atoms. The van der Waals surface area contributed by atoms with E-state index in [0.29, 0.717) is 0 Å². The predicted octanol–water partition coefficient (Wildman–Crippen LogP) is 7.95. The summed E-state index contributed by atoms with van der Waals surface area (Å²) in [5, 5.41) is 0. The molecule has 248 valence electrons. The molecule has 3 aliphatic rings. The minimum atomic E-state index is -0.386. The van der Waals surface area contributed by atoms with Gasteiger partial charge in [-0.15, -0.1) is 0 Å². The van der Waals surface area contributed by atoms with Crippen molar-refractivity contribution in [2.45, 2.75) is 77.7 Å². The number of carbonyl (C=O) groups is 2. The van der Waals surface area contributed by atoms with Crippen molar-refractivity contribution in [3.8, 4) is 0 Å². The van der Waals surface area contributed by atoms with Gasteiger partial charge in [-0.25, -0.2) is 0 Å². The fraction of sp³-hybridized carbons (Fsp3) is 0.350. The highest BCUT2D eigenvalue weighted by atomic mass is 79.9. The molecule has 7 rings (SSSR count). The molecule has 0 radical (unpaired) electrons. The Hall–Kier alpha value is -3.72. The SMILES string of the molecule is C[C@H]1c2cc(B3OC(C)(C)C(C)(C)O3)ccc2CCN1C(=O)c1ccccc1.C[C@H]1c2cc(Br)ccc2CCN1C(=O)c1ccccc1. The molecule has 0 N–H and O–H groups in total. The largest absolute Gasteiger partial charge is 0.494 e. The summed E-state index contributed by atoms with van der Waals surface area (Å²) < 4.78 is 13.5. The van der Waals surface area contributed by atoms with E-state index in [1.165, 1.54) is 22.3 Å². The van der Waals surface area contributed by atoms with Gasteiger partial charge in [0.25, 0.3) is 11.8 Å². The molecule has 0 spiro atoms. The maximum absolute atomic E-state index is 13.0. The molecule has 0 unspecified atom stereocenters. The van der Waals surface area contributed by atoms with E-state index in [2.05, 4.69) is 93.9 Å². The van der Waals surface area contributed by atoms with E-state index in [1.54, 1.807) is 0 Å². The predicted molar refractivity (Wildman–Crippen MR) is 195 cm³/mol. The Morgan fingerprint density at radius 2 is 1.10 bits per heavy atom. The van der Waals surface area contributed by atoms with Gasteiger partial charge in [0, 0.05) is 28.7 Å². The van der Waals surface area contributed by atoms with E-state index < -0.39 is 0 Å². The lowest BCUT2D eigenvalue weighted by atomic mass is 9.76. The summed E-state index contributed by atoms with van der Waals surface area (Å²) in [7, 11) is -0.386. The number of amides is 2. The third-order valence-electron chi connectivity index (χ3n) is 10.4. The first-order valence-corrected chi connectivity index (χ1v) is 17.6. The Morgan fingerprint density at radius 1 is 0.667 bits per heavy atom. The van der Waals surface area contributed by atoms with E-state index in [-0.39, 0.29) is 42.2 Å². The van der Waals surface area contributed by atoms with E-state index in [0.717, 1.165) is 47.0 Å². The van der Waals surface area contributed by atoms with Crippen LogP contribution in [-0.4, -0.2) is 53.0 Å². The first kappa shape index (κ1) is 34.2. The van der Waals surface area contributed by atoms with Gasteiger partial charge in [-0.3, -0.25) is 9.59 Å². The molecule has 2 amide bonds. The maximum atomic E-state index is 13.0. The highest BCUT2D eigenvalue weighted by Crippen LogP contribution is 2.37. The van der Waals surface area contributed by atoms with Gasteiger partial charge in [-0.2, -0.15) is 0 Å². The van der Waals surface area contributed by atoms with Crippen molar-refractivity contribution in [3.63, 3.8) is 0 Å². The van der Waals surface area contributed by atoms with Crippen LogP contribution in [0.4, 0.5) is 0 Å². The van der Waals surface area contributed by atoms with Crippen LogP contribution in [0.25, 0.3) is 0 Å². The minimum Gasteiger partial charge on any atom is -0.399 e. The molecule has 6 nitrogen and oxygen atoms in total. The zero-order valence-corrected chi connectivity index (χ0v) is 30.3. The summed E-state index contributed by atoms with van der Waals surface area (Å²) in [6.45, 7) is 14.0. The van der Waals surface area contributed by atoms with Crippen molar-refractivity contribution in [2.75, 3.05) is 13.1 Å². The Morgan fingerprint density at radius 3 is 1.58 bits per heavy atom. The summed E-state index contributed by atoms with van der Waals surface area (Å²) >= 11 is 3.52. The lowest BCUT2D eigenvalue weighted by Crippen LogP contribution is -2.41. The second-order valence-electron chi connectivity index (χ2n) is 14.0. The van der Waals surface area contributed by atoms with Crippen LogP contribution in [0.15, 0.2) is 102 Å². The van der Waals surface area contributed by atoms with E-state index >= 15 is 0 Å². The summed E-state index contributed by atoms with van der Waals surface area (Å²) in [5.74, 6) is 0.198. The molecule has 3 heterocycles. The Bertz CT molecular complexity index is 1780. The Labute approximate surface area is 293 Å². The van der Waals surface area contributed by atoms with E-state index in [4.69, 9.17) is 9.31 Å². The second kappa shape index (κ2) is 13.7. The fourth-order valence-corrected chi connectivity index (χ4v) is 7.17. The summed E-state index contributed by atoms with van der Waals surface area (Å²) in [6, 6.07) is 31.9. The topological polar surface area (TPSA) is 59.1 Å². The number of benzene rings is 4. The average molecular weight is 708 g/mol. The third-order valence-corrected chi connectivity index (χ3v) is 10.9. The molecule has 0 aromatic heterocycles. The lowest BCUT2D eigenvalue weighted by molar-refractivity contribution is 0.00578. The normalized spacial score (nSPS) is 20.7. The van der Waals surface area contributed by atoms with Crippen molar-refractivity contribution in [1.82, 2.24) is 9.80 Å². The average Bonchev–Trinajstić information content (AvgIpc) is 3.31. The number of rotatable bonds is 3. The number of fused-ring (bicyclic) bond motifs is 2. The van der Waals surface area contributed by atoms with Crippen molar-refractivity contribution in [2.24, 2.45) is 0 Å². The number of halogens is 1. The third kappa shape index (κ3) is 6.76. The van der Waals surface area contributed by atoms with E-state index in [9.17, 15) is 9.59 Å². The molecule has 8 heteroatoms. The van der Waals surface area contributed by atoms with Gasteiger partial charge in [0.2, 0.25) is 0 Å². The molecular formula is C40H44BBrN2O4. The summed E-state index contributed by atoms with van der Waals surface area (Å²) in [4.78, 5) is 29.6. The first-order valence-electron chi connectivity index (χ1n) is 16.8. The molecule has 48 heavy (non-hydrogen) atoms. The highest BCUT2D eigenvalue weighted by Gasteiger charge is 2.52. The first-order chi connectivity index (χ1) is 22.9. The number of nitrogens with zero attached hydrogens (tertiary/aromatic N) is 2. The standard InChI is InChI=1S/C23H28BNO3.C17H16BrNO/c1-16-20-15-19(24-27-22(2,3)23(4,5)28-24)12-11-17(20)13-14-25(16)21(26)18-9-7-6-8-10-18;1-12-16-11-15(18)8-7-13(16)9-10-19(12)17(20)14-5-3-2-4-6-14/h6-12,15-16H,13-14H2,1-5H3;2-8,11-12H,9-10H2,1H3/t16-;12-/m00/s1. The molecule has 1 saturated heterocycles. The van der Waals surface area contributed by atoms with Gasteiger partial charge in [-0.1, -0.05) is 76.6 Å². The molecule has 0 aliphatic carbocycles. The van der Waals surface area contributed by atoms with Gasteiger partial charge < -0.3 is 19.1 Å². The van der Waals surface area contributed by atoms with Crippen molar-refractivity contribution in [1.29, 1.82) is 0 Å². The van der Waals surface area contributed by atoms with Gasteiger partial charge in [0.1, 0.15) is 0 Å². The van der Waals surface area contributed by atoms with Crippen LogP contribution in [0.5, 0.6) is 0 Å². The molecule has 2 atom stereocenters. The highest BCUT2D eigenvalue weighted by molar-refractivity contribution is 9.10. The molecule has 4 aromatic rings. The second-order valence-corrected chi connectivity index (χ2v) is 14.9. The van der Waals surface area contributed by atoms with Crippen LogP contribution in [0, 0.1) is 0 Å². The smallest absolute Gasteiger partial charge is 0.399 e. The number of hydrogen-bond acceptors (Lipinski definition) is 4. The zero-order chi connectivity index (χ0) is 34.2. The van der Waals surface area contributed by atoms with Crippen LogP contribution in [0.2, 0.25) is 0 Å². The van der Waals surface area contributed by atoms with E-state index in [1.807, 2.05) is 70.5 Å². The monoisotopic (exact) mass is 706 g/mol. The fourth-order valence-electron chi connectivity index (χ4n) is 6.79. The Balaban J connectivity index is 0.000000177. The van der Waals surface area contributed by atoms with Crippen LogP contribution in [0.3, 0.4) is 0 Å².